The van der Waals surface area contributed by atoms with Crippen LogP contribution in [0.3, 0.4) is 0 Å². The number of amides is 1. The molecule has 1 aromatic rings. The molecule has 6 nitrogen and oxygen atoms in total. The standard InChI is InChI=1S/C15H22N2O4S/c1-3-17(10-12-8-9-21-11-12)22(19,20)14-6-4-13(5-7-14)15(18)16-2/h4-7,12H,3,8-11H2,1-2H3,(H,16,18). The first-order valence-corrected chi connectivity index (χ1v) is 8.83. The number of carbonyl (C=O) groups is 1. The zero-order valence-electron chi connectivity index (χ0n) is 12.9. The van der Waals surface area contributed by atoms with Crippen LogP contribution in [0.2, 0.25) is 0 Å². The van der Waals surface area contributed by atoms with Gasteiger partial charge in [-0.05, 0) is 36.6 Å². The van der Waals surface area contributed by atoms with Crippen LogP contribution in [0.1, 0.15) is 23.7 Å². The van der Waals surface area contributed by atoms with E-state index in [4.69, 9.17) is 4.74 Å². The second-order valence-corrected chi connectivity index (χ2v) is 7.23. The number of sulfonamides is 1. The molecule has 1 saturated heterocycles. The van der Waals surface area contributed by atoms with Crippen molar-refractivity contribution in [2.24, 2.45) is 5.92 Å². The van der Waals surface area contributed by atoms with Crippen LogP contribution in [0.4, 0.5) is 0 Å². The average Bonchev–Trinajstić information content (AvgIpc) is 3.04. The molecule has 1 aliphatic heterocycles. The van der Waals surface area contributed by atoms with E-state index in [0.717, 1.165) is 6.42 Å². The number of nitrogens with one attached hydrogen (secondary N) is 1. The summed E-state index contributed by atoms with van der Waals surface area (Å²) in [5.74, 6) is 0.0132. The van der Waals surface area contributed by atoms with Crippen LogP contribution >= 0.6 is 0 Å². The van der Waals surface area contributed by atoms with Gasteiger partial charge in [-0.1, -0.05) is 6.92 Å². The largest absolute Gasteiger partial charge is 0.381 e. The van der Waals surface area contributed by atoms with Crippen molar-refractivity contribution in [3.63, 3.8) is 0 Å². The lowest BCUT2D eigenvalue weighted by atomic mass is 10.1. The minimum absolute atomic E-state index is 0.209. The molecular weight excluding hydrogens is 304 g/mol. The molecule has 0 spiro atoms. The van der Waals surface area contributed by atoms with Crippen molar-refractivity contribution in [2.45, 2.75) is 18.2 Å². The fourth-order valence-electron chi connectivity index (χ4n) is 2.48. The molecule has 7 heteroatoms. The van der Waals surface area contributed by atoms with Gasteiger partial charge < -0.3 is 10.1 Å². The molecule has 0 bridgehead atoms. The molecule has 1 aliphatic rings. The Bertz CT molecular complexity index is 607. The lowest BCUT2D eigenvalue weighted by Crippen LogP contribution is -2.35. The third-order valence-electron chi connectivity index (χ3n) is 3.82. The second-order valence-electron chi connectivity index (χ2n) is 5.29. The van der Waals surface area contributed by atoms with Crippen molar-refractivity contribution >= 4 is 15.9 Å². The summed E-state index contributed by atoms with van der Waals surface area (Å²) in [5, 5.41) is 2.51. The normalized spacial score (nSPS) is 18.6. The first kappa shape index (κ1) is 16.9. The Kier molecular flexibility index (Phi) is 5.55. The fraction of sp³-hybridized carbons (Fsp3) is 0.533. The zero-order valence-corrected chi connectivity index (χ0v) is 13.7. The molecular formula is C15H22N2O4S. The predicted molar refractivity (Wildman–Crippen MR) is 83.2 cm³/mol. The molecule has 1 fully saturated rings. The number of nitrogens with zero attached hydrogens (tertiary/aromatic N) is 1. The molecule has 122 valence electrons. The third kappa shape index (κ3) is 3.66. The lowest BCUT2D eigenvalue weighted by molar-refractivity contribution is 0.0963. The molecule has 1 heterocycles. The van der Waals surface area contributed by atoms with Crippen molar-refractivity contribution < 1.29 is 17.9 Å². The molecule has 0 aromatic heterocycles. The molecule has 0 radical (unpaired) electrons. The summed E-state index contributed by atoms with van der Waals surface area (Å²) in [6, 6.07) is 6.01. The summed E-state index contributed by atoms with van der Waals surface area (Å²) in [7, 11) is -2.00. The zero-order chi connectivity index (χ0) is 16.2. The number of rotatable bonds is 6. The minimum Gasteiger partial charge on any atom is -0.381 e. The van der Waals surface area contributed by atoms with E-state index >= 15 is 0 Å². The van der Waals surface area contributed by atoms with Gasteiger partial charge in [0.15, 0.2) is 0 Å². The SMILES string of the molecule is CCN(CC1CCOC1)S(=O)(=O)c1ccc(C(=O)NC)cc1. The van der Waals surface area contributed by atoms with Crippen LogP contribution in [0.15, 0.2) is 29.2 Å². The van der Waals surface area contributed by atoms with Crippen LogP contribution in [-0.4, -0.2) is 52.0 Å². The highest BCUT2D eigenvalue weighted by atomic mass is 32.2. The van der Waals surface area contributed by atoms with E-state index in [9.17, 15) is 13.2 Å². The van der Waals surface area contributed by atoms with Gasteiger partial charge in [-0.15, -0.1) is 0 Å². The third-order valence-corrected chi connectivity index (χ3v) is 5.77. The Balaban J connectivity index is 2.18. The van der Waals surface area contributed by atoms with Gasteiger partial charge in [0.2, 0.25) is 10.0 Å². The summed E-state index contributed by atoms with van der Waals surface area (Å²) in [4.78, 5) is 11.7. The van der Waals surface area contributed by atoms with Gasteiger partial charge in [-0.3, -0.25) is 4.79 Å². The van der Waals surface area contributed by atoms with Crippen LogP contribution in [0.5, 0.6) is 0 Å². The van der Waals surface area contributed by atoms with Crippen LogP contribution in [-0.2, 0) is 14.8 Å². The molecule has 1 unspecified atom stereocenters. The Labute approximate surface area is 131 Å². The highest BCUT2D eigenvalue weighted by Crippen LogP contribution is 2.21. The number of carbonyl (C=O) groups excluding carboxylic acids is 1. The first-order valence-electron chi connectivity index (χ1n) is 7.39. The van der Waals surface area contributed by atoms with E-state index in [1.54, 1.807) is 0 Å². The highest BCUT2D eigenvalue weighted by Gasteiger charge is 2.27. The monoisotopic (exact) mass is 326 g/mol. The molecule has 1 amide bonds. The van der Waals surface area contributed by atoms with E-state index < -0.39 is 10.0 Å². The van der Waals surface area contributed by atoms with E-state index in [1.165, 1.54) is 35.6 Å². The molecule has 22 heavy (non-hydrogen) atoms. The number of hydrogen-bond acceptors (Lipinski definition) is 4. The van der Waals surface area contributed by atoms with E-state index in [1.807, 2.05) is 6.92 Å². The predicted octanol–water partition coefficient (Wildman–Crippen LogP) is 1.09. The molecule has 2 rings (SSSR count). The van der Waals surface area contributed by atoms with E-state index in [2.05, 4.69) is 5.32 Å². The van der Waals surface area contributed by atoms with Gasteiger partial charge in [0, 0.05) is 32.3 Å². The summed E-state index contributed by atoms with van der Waals surface area (Å²) in [5.41, 5.74) is 0.439. The van der Waals surface area contributed by atoms with Crippen molar-refractivity contribution in [1.82, 2.24) is 9.62 Å². The van der Waals surface area contributed by atoms with Crippen molar-refractivity contribution in [3.05, 3.63) is 29.8 Å². The van der Waals surface area contributed by atoms with Crippen LogP contribution in [0.25, 0.3) is 0 Å². The maximum atomic E-state index is 12.7. The maximum absolute atomic E-state index is 12.7. The van der Waals surface area contributed by atoms with Gasteiger partial charge in [-0.2, -0.15) is 4.31 Å². The van der Waals surface area contributed by atoms with Gasteiger partial charge in [-0.25, -0.2) is 8.42 Å². The summed E-state index contributed by atoms with van der Waals surface area (Å²) in [6.45, 7) is 4.02. The Morgan fingerprint density at radius 3 is 2.55 bits per heavy atom. The average molecular weight is 326 g/mol. The van der Waals surface area contributed by atoms with Crippen molar-refractivity contribution in [3.8, 4) is 0 Å². The number of benzene rings is 1. The fourth-order valence-corrected chi connectivity index (χ4v) is 4.01. The topological polar surface area (TPSA) is 75.7 Å². The summed E-state index contributed by atoms with van der Waals surface area (Å²) < 4.78 is 32.2. The molecule has 1 atom stereocenters. The molecule has 0 aliphatic carbocycles. The number of ether oxygens (including phenoxy) is 1. The first-order chi connectivity index (χ1) is 10.5. The van der Waals surface area contributed by atoms with E-state index in [0.29, 0.717) is 31.9 Å². The summed E-state index contributed by atoms with van der Waals surface area (Å²) in [6.07, 6.45) is 0.891. The Morgan fingerprint density at radius 1 is 1.36 bits per heavy atom. The molecule has 0 saturated carbocycles. The minimum atomic E-state index is -3.54. The van der Waals surface area contributed by atoms with Gasteiger partial charge in [0.05, 0.1) is 11.5 Å². The van der Waals surface area contributed by atoms with Crippen molar-refractivity contribution in [2.75, 3.05) is 33.4 Å². The van der Waals surface area contributed by atoms with Crippen LogP contribution < -0.4 is 5.32 Å². The van der Waals surface area contributed by atoms with E-state index in [-0.39, 0.29) is 16.7 Å². The number of hydrogen-bond donors (Lipinski definition) is 1. The van der Waals surface area contributed by atoms with Crippen molar-refractivity contribution in [1.29, 1.82) is 0 Å². The summed E-state index contributed by atoms with van der Waals surface area (Å²) >= 11 is 0. The van der Waals surface area contributed by atoms with Gasteiger partial charge >= 0.3 is 0 Å². The Hall–Kier alpha value is -1.44. The highest BCUT2D eigenvalue weighted by molar-refractivity contribution is 7.89. The Morgan fingerprint density at radius 2 is 2.05 bits per heavy atom. The quantitative estimate of drug-likeness (QED) is 0.849. The van der Waals surface area contributed by atoms with Gasteiger partial charge in [0.25, 0.3) is 5.91 Å². The van der Waals surface area contributed by atoms with Gasteiger partial charge in [0.1, 0.15) is 0 Å². The smallest absolute Gasteiger partial charge is 0.251 e. The lowest BCUT2D eigenvalue weighted by Gasteiger charge is -2.23. The molecule has 1 aromatic carbocycles. The van der Waals surface area contributed by atoms with Crippen LogP contribution in [0, 0.1) is 5.92 Å². The molecule has 1 N–H and O–H groups in total. The maximum Gasteiger partial charge on any atom is 0.251 e. The second kappa shape index (κ2) is 7.21.